The monoisotopic (exact) mass is 427 g/mol. The van der Waals surface area contributed by atoms with Crippen LogP contribution in [0.25, 0.3) is 16.9 Å². The molecule has 6 heteroatoms. The Morgan fingerprint density at radius 1 is 0.875 bits per heavy atom. The minimum atomic E-state index is -0.295. The Morgan fingerprint density at radius 2 is 1.62 bits per heavy atom. The van der Waals surface area contributed by atoms with E-state index in [4.69, 9.17) is 9.40 Å². The van der Waals surface area contributed by atoms with Crippen LogP contribution in [0.15, 0.2) is 77.3 Å². The molecule has 0 saturated carbocycles. The van der Waals surface area contributed by atoms with E-state index in [2.05, 4.69) is 4.98 Å². The summed E-state index contributed by atoms with van der Waals surface area (Å²) in [6.07, 6.45) is 3.18. The van der Waals surface area contributed by atoms with E-state index in [1.54, 1.807) is 28.8 Å². The summed E-state index contributed by atoms with van der Waals surface area (Å²) in [6.45, 7) is 2.02. The normalized spacial score (nSPS) is 11.3. The molecule has 5 nitrogen and oxygen atoms in total. The maximum Gasteiger partial charge on any atom is 0.219 e. The van der Waals surface area contributed by atoms with Gasteiger partial charge in [0.25, 0.3) is 0 Å². The lowest BCUT2D eigenvalue weighted by molar-refractivity contribution is 0.435. The second-order valence-corrected chi connectivity index (χ2v) is 7.68. The van der Waals surface area contributed by atoms with Gasteiger partial charge in [-0.1, -0.05) is 55.5 Å². The van der Waals surface area contributed by atoms with Crippen molar-refractivity contribution in [3.8, 4) is 17.1 Å². The third-order valence-electron chi connectivity index (χ3n) is 5.51. The molecule has 0 spiro atoms. The Kier molecular flexibility index (Phi) is 5.19. The molecule has 0 bridgehead atoms. The molecule has 0 aliphatic rings. The topological polar surface area (TPSA) is 63.6 Å². The lowest BCUT2D eigenvalue weighted by Gasteiger charge is -2.09. The van der Waals surface area contributed by atoms with Crippen LogP contribution in [0.3, 0.4) is 0 Å². The molecule has 2 aromatic carbocycles. The first-order valence-electron chi connectivity index (χ1n) is 10.6. The number of benzene rings is 2. The molecule has 160 valence electrons. The highest BCUT2D eigenvalue weighted by Gasteiger charge is 2.19. The highest BCUT2D eigenvalue weighted by molar-refractivity contribution is 5.63. The van der Waals surface area contributed by atoms with Crippen LogP contribution in [0.5, 0.6) is 5.88 Å². The minimum absolute atomic E-state index is 0.0313. The first-order valence-corrected chi connectivity index (χ1v) is 10.6. The molecule has 3 heterocycles. The number of aryl methyl sites for hydroxylation is 1. The molecule has 0 fully saturated rings. The van der Waals surface area contributed by atoms with Crippen molar-refractivity contribution in [1.29, 1.82) is 0 Å². The van der Waals surface area contributed by atoms with Gasteiger partial charge in [0.1, 0.15) is 23.0 Å². The Bertz CT molecular complexity index is 1390. The molecule has 32 heavy (non-hydrogen) atoms. The number of imidazole rings is 1. The lowest BCUT2D eigenvalue weighted by Crippen LogP contribution is -2.02. The Balaban J connectivity index is 1.64. The van der Waals surface area contributed by atoms with Crippen molar-refractivity contribution in [2.45, 2.75) is 26.2 Å². The van der Waals surface area contributed by atoms with Crippen LogP contribution in [0, 0.1) is 5.82 Å². The summed E-state index contributed by atoms with van der Waals surface area (Å²) in [5, 5.41) is 11.0. The molecule has 0 amide bonds. The van der Waals surface area contributed by atoms with E-state index in [0.717, 1.165) is 23.5 Å². The van der Waals surface area contributed by atoms with Gasteiger partial charge >= 0.3 is 0 Å². The average Bonchev–Trinajstić information content (AvgIpc) is 3.41. The second kappa shape index (κ2) is 8.30. The van der Waals surface area contributed by atoms with Gasteiger partial charge in [0.2, 0.25) is 5.88 Å². The summed E-state index contributed by atoms with van der Waals surface area (Å²) in [5.74, 6) is 1.35. The van der Waals surface area contributed by atoms with Gasteiger partial charge in [-0.15, -0.1) is 0 Å². The molecule has 0 radical (unpaired) electrons. The standard InChI is InChI=1S/C26H22FN3O2/c1-2-19-12-13-20(32-19)15-23-26(31)30-16-24(17-8-4-3-5-9-17)28-22(25(30)29-23)14-18-10-6-7-11-21(18)27/h3-13,16,31H,2,14-15H2,1H3. The zero-order chi connectivity index (χ0) is 22.1. The zero-order valence-electron chi connectivity index (χ0n) is 17.6. The van der Waals surface area contributed by atoms with Crippen LogP contribution in [0.1, 0.15) is 35.4 Å². The summed E-state index contributed by atoms with van der Waals surface area (Å²) in [6, 6.07) is 20.2. The van der Waals surface area contributed by atoms with Crippen LogP contribution < -0.4 is 0 Å². The smallest absolute Gasteiger partial charge is 0.219 e. The number of aromatic hydroxyl groups is 1. The Labute approximate surface area is 184 Å². The van der Waals surface area contributed by atoms with E-state index in [-0.39, 0.29) is 18.1 Å². The molecular formula is C26H22FN3O2. The summed E-state index contributed by atoms with van der Waals surface area (Å²) < 4.78 is 21.8. The molecule has 3 aromatic heterocycles. The zero-order valence-corrected chi connectivity index (χ0v) is 17.6. The average molecular weight is 427 g/mol. The first kappa shape index (κ1) is 20.0. The molecule has 0 atom stereocenters. The van der Waals surface area contributed by atoms with Gasteiger partial charge in [0.05, 0.1) is 17.8 Å². The number of halogens is 1. The summed E-state index contributed by atoms with van der Waals surface area (Å²) in [7, 11) is 0. The summed E-state index contributed by atoms with van der Waals surface area (Å²) in [5.41, 5.74) is 3.68. The van der Waals surface area contributed by atoms with Crippen LogP contribution in [-0.4, -0.2) is 19.5 Å². The maximum absolute atomic E-state index is 14.4. The van der Waals surface area contributed by atoms with Gasteiger partial charge in [-0.2, -0.15) is 0 Å². The fourth-order valence-corrected chi connectivity index (χ4v) is 3.82. The van der Waals surface area contributed by atoms with Crippen LogP contribution >= 0.6 is 0 Å². The predicted octanol–water partition coefficient (Wildman–Crippen LogP) is 5.58. The van der Waals surface area contributed by atoms with Crippen molar-refractivity contribution in [1.82, 2.24) is 14.4 Å². The molecule has 0 saturated heterocycles. The molecule has 0 aliphatic carbocycles. The second-order valence-electron chi connectivity index (χ2n) is 7.68. The molecule has 5 aromatic rings. The molecule has 0 unspecified atom stereocenters. The van der Waals surface area contributed by atoms with Gasteiger partial charge in [0.15, 0.2) is 5.65 Å². The van der Waals surface area contributed by atoms with Gasteiger partial charge in [-0.3, -0.25) is 4.40 Å². The van der Waals surface area contributed by atoms with Crippen LogP contribution in [0.2, 0.25) is 0 Å². The highest BCUT2D eigenvalue weighted by atomic mass is 19.1. The first-order chi connectivity index (χ1) is 15.6. The highest BCUT2D eigenvalue weighted by Crippen LogP contribution is 2.29. The van der Waals surface area contributed by atoms with Crippen molar-refractivity contribution in [3.63, 3.8) is 0 Å². The SMILES string of the molecule is CCc1ccc(Cc2nc3c(Cc4ccccc4F)nc(-c4ccccc4)cn3c2O)o1. The molecule has 1 N–H and O–H groups in total. The van der Waals surface area contributed by atoms with E-state index in [1.165, 1.54) is 6.07 Å². The summed E-state index contributed by atoms with van der Waals surface area (Å²) >= 11 is 0. The number of hydrogen-bond acceptors (Lipinski definition) is 4. The summed E-state index contributed by atoms with van der Waals surface area (Å²) in [4.78, 5) is 9.47. The van der Waals surface area contributed by atoms with Gasteiger partial charge in [0, 0.05) is 24.6 Å². The minimum Gasteiger partial charge on any atom is -0.493 e. The lowest BCUT2D eigenvalue weighted by atomic mass is 10.1. The van der Waals surface area contributed by atoms with Crippen molar-refractivity contribution in [2.75, 3.05) is 0 Å². The van der Waals surface area contributed by atoms with Gasteiger partial charge < -0.3 is 9.52 Å². The number of rotatable bonds is 6. The third-order valence-corrected chi connectivity index (χ3v) is 5.51. The van der Waals surface area contributed by atoms with Crippen LogP contribution in [0.4, 0.5) is 4.39 Å². The number of aromatic nitrogens is 3. The quantitative estimate of drug-likeness (QED) is 0.384. The molecular weight excluding hydrogens is 405 g/mol. The molecule has 5 rings (SSSR count). The van der Waals surface area contributed by atoms with E-state index in [0.29, 0.717) is 34.7 Å². The van der Waals surface area contributed by atoms with E-state index < -0.39 is 0 Å². The van der Waals surface area contributed by atoms with E-state index in [1.807, 2.05) is 49.4 Å². The number of nitrogens with zero attached hydrogens (tertiary/aromatic N) is 3. The van der Waals surface area contributed by atoms with Crippen molar-refractivity contribution in [2.24, 2.45) is 0 Å². The fraction of sp³-hybridized carbons (Fsp3) is 0.154. The Hall–Kier alpha value is -3.93. The van der Waals surface area contributed by atoms with Crippen LogP contribution in [-0.2, 0) is 19.3 Å². The molecule has 0 aliphatic heterocycles. The maximum atomic E-state index is 14.4. The van der Waals surface area contributed by atoms with E-state index in [9.17, 15) is 9.50 Å². The van der Waals surface area contributed by atoms with Gasteiger partial charge in [-0.05, 0) is 23.8 Å². The fourth-order valence-electron chi connectivity index (χ4n) is 3.82. The number of fused-ring (bicyclic) bond motifs is 1. The van der Waals surface area contributed by atoms with Crippen molar-refractivity contribution >= 4 is 5.65 Å². The van der Waals surface area contributed by atoms with Crippen molar-refractivity contribution < 1.29 is 13.9 Å². The van der Waals surface area contributed by atoms with Crippen molar-refractivity contribution in [3.05, 3.63) is 107 Å². The largest absolute Gasteiger partial charge is 0.493 e. The third kappa shape index (κ3) is 3.75. The predicted molar refractivity (Wildman–Crippen MR) is 120 cm³/mol. The number of hydrogen-bond donors (Lipinski definition) is 1. The van der Waals surface area contributed by atoms with E-state index >= 15 is 0 Å². The Morgan fingerprint density at radius 3 is 2.38 bits per heavy atom. The number of furan rings is 1. The van der Waals surface area contributed by atoms with Gasteiger partial charge in [-0.25, -0.2) is 14.4 Å².